The summed E-state index contributed by atoms with van der Waals surface area (Å²) in [6.07, 6.45) is 0.588. The molecule has 0 heterocycles. The van der Waals surface area contributed by atoms with Crippen molar-refractivity contribution in [1.29, 1.82) is 0 Å². The van der Waals surface area contributed by atoms with Gasteiger partial charge >= 0.3 is 0 Å². The number of hydrogen-bond acceptors (Lipinski definition) is 4. The van der Waals surface area contributed by atoms with E-state index in [1.54, 1.807) is 0 Å². The lowest BCUT2D eigenvalue weighted by molar-refractivity contribution is -0.241. The quantitative estimate of drug-likeness (QED) is 0.594. The van der Waals surface area contributed by atoms with E-state index in [-0.39, 0.29) is 6.61 Å². The molecule has 2 rings (SSSR count). The first-order valence-electron chi connectivity index (χ1n) is 7.02. The summed E-state index contributed by atoms with van der Waals surface area (Å²) in [5, 5.41) is 8.45. The van der Waals surface area contributed by atoms with Crippen LogP contribution >= 0.6 is 0 Å². The van der Waals surface area contributed by atoms with E-state index in [1.165, 1.54) is 0 Å². The highest BCUT2D eigenvalue weighted by molar-refractivity contribution is 5.41. The average molecular weight is 288 g/mol. The summed E-state index contributed by atoms with van der Waals surface area (Å²) in [7, 11) is 0. The van der Waals surface area contributed by atoms with E-state index in [0.717, 1.165) is 22.6 Å². The van der Waals surface area contributed by atoms with Gasteiger partial charge in [0.1, 0.15) is 18.1 Å². The van der Waals surface area contributed by atoms with Gasteiger partial charge in [0.05, 0.1) is 13.2 Å². The first-order valence-corrected chi connectivity index (χ1v) is 7.02. The Labute approximate surface area is 124 Å². The smallest absolute Gasteiger partial charge is 0.126 e. The minimum absolute atomic E-state index is 0.240. The highest BCUT2D eigenvalue weighted by Gasteiger charge is 2.06. The molecule has 21 heavy (non-hydrogen) atoms. The summed E-state index contributed by atoms with van der Waals surface area (Å²) >= 11 is 0. The molecule has 0 bridgehead atoms. The molecule has 0 aliphatic rings. The van der Waals surface area contributed by atoms with Gasteiger partial charge in [0.15, 0.2) is 0 Å². The second-order valence-corrected chi connectivity index (χ2v) is 4.56. The van der Waals surface area contributed by atoms with E-state index in [0.29, 0.717) is 19.6 Å². The molecule has 2 aromatic rings. The van der Waals surface area contributed by atoms with Crippen LogP contribution in [-0.2, 0) is 17.9 Å². The van der Waals surface area contributed by atoms with Gasteiger partial charge in [0, 0.05) is 12.5 Å². The van der Waals surface area contributed by atoms with E-state index in [4.69, 9.17) is 14.7 Å². The maximum atomic E-state index is 8.45. The predicted octanol–water partition coefficient (Wildman–Crippen LogP) is 3.70. The molecule has 0 unspecified atom stereocenters. The standard InChI is InChI=1S/C17H20O4/c1-2-19-17-12-16(9-8-15(17)10-11-21-18)20-13-14-6-4-3-5-7-14/h3-9,12,18H,2,10-11,13H2,1H3. The fourth-order valence-electron chi connectivity index (χ4n) is 2.02. The third kappa shape index (κ3) is 4.77. The lowest BCUT2D eigenvalue weighted by Crippen LogP contribution is -2.02. The second-order valence-electron chi connectivity index (χ2n) is 4.56. The van der Waals surface area contributed by atoms with Crippen LogP contribution in [0, 0.1) is 0 Å². The van der Waals surface area contributed by atoms with E-state index in [2.05, 4.69) is 4.89 Å². The Kier molecular flexibility index (Phi) is 6.06. The highest BCUT2D eigenvalue weighted by Crippen LogP contribution is 2.26. The molecule has 2 aromatic carbocycles. The van der Waals surface area contributed by atoms with Crippen molar-refractivity contribution in [2.24, 2.45) is 0 Å². The minimum atomic E-state index is 0.240. The zero-order valence-corrected chi connectivity index (χ0v) is 12.1. The number of hydrogen-bond donors (Lipinski definition) is 1. The van der Waals surface area contributed by atoms with Gasteiger partial charge in [-0.15, -0.1) is 0 Å². The molecule has 0 saturated heterocycles. The van der Waals surface area contributed by atoms with Gasteiger partial charge in [-0.3, -0.25) is 5.26 Å². The topological polar surface area (TPSA) is 47.9 Å². The molecule has 0 aliphatic heterocycles. The van der Waals surface area contributed by atoms with Gasteiger partial charge in [-0.05, 0) is 24.1 Å². The maximum absolute atomic E-state index is 8.45. The van der Waals surface area contributed by atoms with Crippen molar-refractivity contribution < 1.29 is 19.6 Å². The third-order valence-corrected chi connectivity index (χ3v) is 3.05. The van der Waals surface area contributed by atoms with Crippen LogP contribution in [-0.4, -0.2) is 18.5 Å². The highest BCUT2D eigenvalue weighted by atomic mass is 17.1. The van der Waals surface area contributed by atoms with Crippen LogP contribution in [0.3, 0.4) is 0 Å². The molecular weight excluding hydrogens is 268 g/mol. The summed E-state index contributed by atoms with van der Waals surface area (Å²) in [5.41, 5.74) is 2.10. The molecule has 0 saturated carbocycles. The first kappa shape index (κ1) is 15.4. The zero-order valence-electron chi connectivity index (χ0n) is 12.1. The van der Waals surface area contributed by atoms with Crippen molar-refractivity contribution in [1.82, 2.24) is 0 Å². The summed E-state index contributed by atoms with van der Waals surface area (Å²) in [6.45, 7) is 3.27. The van der Waals surface area contributed by atoms with Crippen LogP contribution in [0.25, 0.3) is 0 Å². The summed E-state index contributed by atoms with van der Waals surface area (Å²) in [6, 6.07) is 15.7. The summed E-state index contributed by atoms with van der Waals surface area (Å²) < 4.78 is 11.4. The minimum Gasteiger partial charge on any atom is -0.493 e. The largest absolute Gasteiger partial charge is 0.493 e. The van der Waals surface area contributed by atoms with E-state index in [9.17, 15) is 0 Å². The van der Waals surface area contributed by atoms with Gasteiger partial charge in [-0.1, -0.05) is 36.4 Å². The molecule has 0 spiro atoms. The Morgan fingerprint density at radius 2 is 1.81 bits per heavy atom. The second kappa shape index (κ2) is 8.29. The van der Waals surface area contributed by atoms with Crippen LogP contribution < -0.4 is 9.47 Å². The van der Waals surface area contributed by atoms with Crippen LogP contribution in [0.2, 0.25) is 0 Å². The van der Waals surface area contributed by atoms with Crippen molar-refractivity contribution in [2.45, 2.75) is 20.0 Å². The number of ether oxygens (including phenoxy) is 2. The van der Waals surface area contributed by atoms with Crippen LogP contribution in [0.1, 0.15) is 18.1 Å². The molecule has 112 valence electrons. The zero-order chi connectivity index (χ0) is 14.9. The molecule has 0 atom stereocenters. The summed E-state index contributed by atoms with van der Waals surface area (Å²) in [5.74, 6) is 1.52. The van der Waals surface area contributed by atoms with Gasteiger partial charge in [0.2, 0.25) is 0 Å². The van der Waals surface area contributed by atoms with E-state index >= 15 is 0 Å². The van der Waals surface area contributed by atoms with E-state index in [1.807, 2.05) is 55.5 Å². The van der Waals surface area contributed by atoms with Crippen molar-refractivity contribution in [2.75, 3.05) is 13.2 Å². The predicted molar refractivity (Wildman–Crippen MR) is 80.7 cm³/mol. The summed E-state index contributed by atoms with van der Waals surface area (Å²) in [4.78, 5) is 4.13. The SMILES string of the molecule is CCOc1cc(OCc2ccccc2)ccc1CCOO. The molecule has 4 heteroatoms. The van der Waals surface area contributed by atoms with Gasteiger partial charge in [-0.25, -0.2) is 4.89 Å². The van der Waals surface area contributed by atoms with Crippen LogP contribution in [0.4, 0.5) is 0 Å². The van der Waals surface area contributed by atoms with Crippen LogP contribution in [0.5, 0.6) is 11.5 Å². The fourth-order valence-corrected chi connectivity index (χ4v) is 2.02. The van der Waals surface area contributed by atoms with Gasteiger partial charge in [-0.2, -0.15) is 0 Å². The molecule has 0 radical (unpaired) electrons. The normalized spacial score (nSPS) is 10.4. The molecule has 1 N–H and O–H groups in total. The lowest BCUT2D eigenvalue weighted by Gasteiger charge is -2.13. The Morgan fingerprint density at radius 1 is 1.00 bits per heavy atom. The molecule has 0 aliphatic carbocycles. The van der Waals surface area contributed by atoms with Crippen molar-refractivity contribution in [3.05, 3.63) is 59.7 Å². The maximum Gasteiger partial charge on any atom is 0.126 e. The average Bonchev–Trinajstić information content (AvgIpc) is 2.53. The van der Waals surface area contributed by atoms with Crippen LogP contribution in [0.15, 0.2) is 48.5 Å². The molecule has 0 fully saturated rings. The molecular formula is C17H20O4. The Morgan fingerprint density at radius 3 is 2.52 bits per heavy atom. The number of benzene rings is 2. The third-order valence-electron chi connectivity index (χ3n) is 3.05. The molecule has 0 aromatic heterocycles. The molecule has 0 amide bonds. The van der Waals surface area contributed by atoms with Crippen molar-refractivity contribution >= 4 is 0 Å². The Balaban J connectivity index is 2.04. The lowest BCUT2D eigenvalue weighted by atomic mass is 10.1. The van der Waals surface area contributed by atoms with Crippen molar-refractivity contribution in [3.63, 3.8) is 0 Å². The van der Waals surface area contributed by atoms with E-state index < -0.39 is 0 Å². The molecule has 4 nitrogen and oxygen atoms in total. The fraction of sp³-hybridized carbons (Fsp3) is 0.294. The van der Waals surface area contributed by atoms with Crippen molar-refractivity contribution in [3.8, 4) is 11.5 Å². The Hall–Kier alpha value is -2.04. The first-order chi connectivity index (χ1) is 10.3. The Bertz CT molecular complexity index is 540. The monoisotopic (exact) mass is 288 g/mol. The number of rotatable bonds is 8. The van der Waals surface area contributed by atoms with Gasteiger partial charge < -0.3 is 9.47 Å². The van der Waals surface area contributed by atoms with Gasteiger partial charge in [0.25, 0.3) is 0 Å².